The molecule has 0 saturated heterocycles. The van der Waals surface area contributed by atoms with Gasteiger partial charge in [-0.1, -0.05) is 35.9 Å². The predicted molar refractivity (Wildman–Crippen MR) is 108 cm³/mol. The molecule has 0 aromatic heterocycles. The molecule has 140 valence electrons. The molecule has 0 aliphatic carbocycles. The fourth-order valence-electron chi connectivity index (χ4n) is 2.59. The summed E-state index contributed by atoms with van der Waals surface area (Å²) in [5, 5.41) is 4.04. The number of hydrogen-bond donors (Lipinski definition) is 1. The third kappa shape index (κ3) is 6.04. The number of rotatable bonds is 6. The van der Waals surface area contributed by atoms with Crippen LogP contribution in [0.1, 0.15) is 11.1 Å². The van der Waals surface area contributed by atoms with Crippen LogP contribution in [0.25, 0.3) is 0 Å². The molecule has 1 N–H and O–H groups in total. The Morgan fingerprint density at radius 3 is 2.42 bits per heavy atom. The summed E-state index contributed by atoms with van der Waals surface area (Å²) in [6.45, 7) is 1.40. The lowest BCUT2D eigenvalue weighted by Gasteiger charge is -2.22. The van der Waals surface area contributed by atoms with Crippen molar-refractivity contribution in [1.82, 2.24) is 10.2 Å². The Morgan fingerprint density at radius 1 is 1.15 bits per heavy atom. The first-order valence-electron chi connectivity index (χ1n) is 8.25. The summed E-state index contributed by atoms with van der Waals surface area (Å²) in [7, 11) is 0.565. The topological polar surface area (TPSA) is 61.8 Å². The Labute approximate surface area is 160 Å². The molecule has 0 aliphatic rings. The zero-order valence-corrected chi connectivity index (χ0v) is 16.8. The SMILES string of the molecule is CN=C(NCCc1ccc(S(C)(=O)=O)cc1)N(C)Cc1cccc(Cl)c1. The molecule has 26 heavy (non-hydrogen) atoms. The Hall–Kier alpha value is -2.05. The molecule has 7 heteroatoms. The van der Waals surface area contributed by atoms with Crippen LogP contribution in [-0.2, 0) is 22.8 Å². The summed E-state index contributed by atoms with van der Waals surface area (Å²) in [6.07, 6.45) is 1.98. The number of benzene rings is 2. The minimum absolute atomic E-state index is 0.339. The molecule has 0 fully saturated rings. The molecule has 5 nitrogen and oxygen atoms in total. The van der Waals surface area contributed by atoms with Crippen LogP contribution < -0.4 is 5.32 Å². The number of guanidine groups is 1. The molecule has 0 atom stereocenters. The lowest BCUT2D eigenvalue weighted by atomic mass is 10.1. The van der Waals surface area contributed by atoms with Gasteiger partial charge in [-0.2, -0.15) is 0 Å². The van der Waals surface area contributed by atoms with Crippen LogP contribution in [0.2, 0.25) is 5.02 Å². The van der Waals surface area contributed by atoms with Crippen molar-refractivity contribution in [1.29, 1.82) is 0 Å². The maximum Gasteiger partial charge on any atom is 0.193 e. The van der Waals surface area contributed by atoms with E-state index in [1.54, 1.807) is 19.2 Å². The fourth-order valence-corrected chi connectivity index (χ4v) is 3.43. The van der Waals surface area contributed by atoms with E-state index in [0.29, 0.717) is 18.0 Å². The molecule has 0 saturated carbocycles. The second-order valence-corrected chi connectivity index (χ2v) is 8.58. The van der Waals surface area contributed by atoms with Gasteiger partial charge in [-0.15, -0.1) is 0 Å². The summed E-state index contributed by atoms with van der Waals surface area (Å²) < 4.78 is 23.0. The van der Waals surface area contributed by atoms with E-state index in [-0.39, 0.29) is 0 Å². The molecule has 0 radical (unpaired) electrons. The van der Waals surface area contributed by atoms with E-state index >= 15 is 0 Å². The summed E-state index contributed by atoms with van der Waals surface area (Å²) in [6, 6.07) is 14.7. The third-order valence-corrected chi connectivity index (χ3v) is 5.29. The molecule has 2 aromatic carbocycles. The maximum absolute atomic E-state index is 11.5. The molecule has 2 aromatic rings. The van der Waals surface area contributed by atoms with Gasteiger partial charge in [0.05, 0.1) is 4.90 Å². The Balaban J connectivity index is 1.88. The Morgan fingerprint density at radius 2 is 1.85 bits per heavy atom. The molecular formula is C19H24ClN3O2S. The van der Waals surface area contributed by atoms with E-state index in [4.69, 9.17) is 11.6 Å². The minimum Gasteiger partial charge on any atom is -0.356 e. The number of sulfone groups is 1. The summed E-state index contributed by atoms with van der Waals surface area (Å²) >= 11 is 6.03. The lowest BCUT2D eigenvalue weighted by Crippen LogP contribution is -2.39. The lowest BCUT2D eigenvalue weighted by molar-refractivity contribution is 0.477. The normalized spacial score (nSPS) is 12.1. The van der Waals surface area contributed by atoms with Gasteiger partial charge in [-0.05, 0) is 41.8 Å². The van der Waals surface area contributed by atoms with E-state index in [1.165, 1.54) is 6.26 Å². The summed E-state index contributed by atoms with van der Waals surface area (Å²) in [5.41, 5.74) is 2.18. The minimum atomic E-state index is -3.15. The highest BCUT2D eigenvalue weighted by Crippen LogP contribution is 2.12. The van der Waals surface area contributed by atoms with Crippen LogP contribution in [0.15, 0.2) is 58.4 Å². The average molecular weight is 394 g/mol. The van der Waals surface area contributed by atoms with Crippen LogP contribution in [0.5, 0.6) is 0 Å². The van der Waals surface area contributed by atoms with Gasteiger partial charge in [0.25, 0.3) is 0 Å². The second kappa shape index (κ2) is 9.05. The van der Waals surface area contributed by atoms with Crippen molar-refractivity contribution in [3.63, 3.8) is 0 Å². The van der Waals surface area contributed by atoms with Crippen LogP contribution in [0, 0.1) is 0 Å². The van der Waals surface area contributed by atoms with E-state index in [0.717, 1.165) is 28.5 Å². The van der Waals surface area contributed by atoms with Crippen LogP contribution >= 0.6 is 11.6 Å². The molecule has 0 spiro atoms. The average Bonchev–Trinajstić information content (AvgIpc) is 2.58. The number of hydrogen-bond acceptors (Lipinski definition) is 3. The standard InChI is InChI=1S/C19H24ClN3O2S/c1-21-19(23(2)14-16-5-4-6-17(20)13-16)22-12-11-15-7-9-18(10-8-15)26(3,24)25/h4-10,13H,11-12,14H2,1-3H3,(H,21,22). The number of nitrogens with zero attached hydrogens (tertiary/aromatic N) is 2. The van der Waals surface area contributed by atoms with Gasteiger partial charge in [0.1, 0.15) is 0 Å². The highest BCUT2D eigenvalue weighted by atomic mass is 35.5. The summed E-state index contributed by atoms with van der Waals surface area (Å²) in [4.78, 5) is 6.67. The van der Waals surface area contributed by atoms with Crippen molar-refractivity contribution < 1.29 is 8.42 Å². The van der Waals surface area contributed by atoms with Crippen LogP contribution in [0.3, 0.4) is 0 Å². The molecule has 0 heterocycles. The first-order valence-corrected chi connectivity index (χ1v) is 10.5. The highest BCUT2D eigenvalue weighted by Gasteiger charge is 2.08. The van der Waals surface area contributed by atoms with E-state index in [1.807, 2.05) is 48.3 Å². The molecule has 0 amide bonds. The van der Waals surface area contributed by atoms with Gasteiger partial charge < -0.3 is 10.2 Å². The van der Waals surface area contributed by atoms with Crippen molar-refractivity contribution in [2.75, 3.05) is 26.9 Å². The molecule has 0 unspecified atom stereocenters. The number of nitrogens with one attached hydrogen (secondary N) is 1. The maximum atomic E-state index is 11.5. The Kier molecular flexibility index (Phi) is 7.06. The van der Waals surface area contributed by atoms with Gasteiger partial charge in [-0.25, -0.2) is 8.42 Å². The molecule has 0 aliphatic heterocycles. The molecule has 0 bridgehead atoms. The quantitative estimate of drug-likeness (QED) is 0.605. The van der Waals surface area contributed by atoms with Crippen molar-refractivity contribution in [2.45, 2.75) is 17.9 Å². The zero-order chi connectivity index (χ0) is 19.2. The first-order chi connectivity index (χ1) is 12.3. The van der Waals surface area contributed by atoms with Gasteiger partial charge in [0.2, 0.25) is 0 Å². The van der Waals surface area contributed by atoms with E-state index in [9.17, 15) is 8.42 Å². The Bertz CT molecular complexity index is 865. The van der Waals surface area contributed by atoms with Crippen LogP contribution in [-0.4, -0.2) is 46.2 Å². The van der Waals surface area contributed by atoms with E-state index in [2.05, 4.69) is 10.3 Å². The molecule has 2 rings (SSSR count). The smallest absolute Gasteiger partial charge is 0.193 e. The predicted octanol–water partition coefficient (Wildman–Crippen LogP) is 2.99. The van der Waals surface area contributed by atoms with Gasteiger partial charge in [0, 0.05) is 38.5 Å². The molecular weight excluding hydrogens is 370 g/mol. The number of aliphatic imine (C=N–C) groups is 1. The van der Waals surface area contributed by atoms with Crippen molar-refractivity contribution in [3.8, 4) is 0 Å². The second-order valence-electron chi connectivity index (χ2n) is 6.13. The van der Waals surface area contributed by atoms with Gasteiger partial charge in [0.15, 0.2) is 15.8 Å². The highest BCUT2D eigenvalue weighted by molar-refractivity contribution is 7.90. The van der Waals surface area contributed by atoms with E-state index < -0.39 is 9.84 Å². The first kappa shape index (κ1) is 20.3. The number of halogens is 1. The fraction of sp³-hybridized carbons (Fsp3) is 0.316. The van der Waals surface area contributed by atoms with Crippen LogP contribution in [0.4, 0.5) is 0 Å². The van der Waals surface area contributed by atoms with Gasteiger partial charge in [-0.3, -0.25) is 4.99 Å². The third-order valence-electron chi connectivity index (χ3n) is 3.93. The van der Waals surface area contributed by atoms with Crippen molar-refractivity contribution >= 4 is 27.4 Å². The van der Waals surface area contributed by atoms with Crippen molar-refractivity contribution in [3.05, 3.63) is 64.7 Å². The largest absolute Gasteiger partial charge is 0.356 e. The van der Waals surface area contributed by atoms with Crippen molar-refractivity contribution in [2.24, 2.45) is 4.99 Å². The van der Waals surface area contributed by atoms with Gasteiger partial charge >= 0.3 is 0 Å². The summed E-state index contributed by atoms with van der Waals surface area (Å²) in [5.74, 6) is 0.790. The zero-order valence-electron chi connectivity index (χ0n) is 15.2. The monoisotopic (exact) mass is 393 g/mol.